The van der Waals surface area contributed by atoms with E-state index in [1.165, 1.54) is 50.0 Å². The number of nitrogens with one attached hydrogen (secondary N) is 1. The Labute approximate surface area is 214 Å². The zero-order valence-electron chi connectivity index (χ0n) is 20.4. The number of pyridine rings is 2. The minimum Gasteiger partial charge on any atom is -0.300 e. The molecule has 7 heteroatoms. The third-order valence-electron chi connectivity index (χ3n) is 8.12. The van der Waals surface area contributed by atoms with Crippen LogP contribution in [0.4, 0.5) is 0 Å². The van der Waals surface area contributed by atoms with Crippen molar-refractivity contribution in [3.05, 3.63) is 60.0 Å². The first-order valence-electron chi connectivity index (χ1n) is 13.3. The zero-order chi connectivity index (χ0) is 24.1. The molecule has 36 heavy (non-hydrogen) atoms. The largest absolute Gasteiger partial charge is 0.300 e. The number of fused-ring (bicyclic) bond motifs is 2. The first kappa shape index (κ1) is 22.3. The maximum atomic E-state index is 12.5. The highest BCUT2D eigenvalue weighted by Crippen LogP contribution is 2.34. The van der Waals surface area contributed by atoms with Gasteiger partial charge in [0.25, 0.3) is 0 Å². The minimum absolute atomic E-state index is 0.344. The van der Waals surface area contributed by atoms with E-state index < -0.39 is 10.8 Å². The fourth-order valence-electron chi connectivity index (χ4n) is 5.89. The molecular formula is C29H31N5OS. The summed E-state index contributed by atoms with van der Waals surface area (Å²) >= 11 is 0. The number of hydrogen-bond donors (Lipinski definition) is 1. The van der Waals surface area contributed by atoms with E-state index in [2.05, 4.69) is 32.2 Å². The molecule has 1 aliphatic heterocycles. The molecule has 1 saturated carbocycles. The van der Waals surface area contributed by atoms with E-state index in [-0.39, 0.29) is 0 Å². The first-order chi connectivity index (χ1) is 17.7. The van der Waals surface area contributed by atoms with Crippen molar-refractivity contribution >= 4 is 21.8 Å². The van der Waals surface area contributed by atoms with Gasteiger partial charge in [-0.2, -0.15) is 5.10 Å². The SMILES string of the molecule is O=S(c1ccc(-c2[nH]nc3ncc(-c4cnc5c(c4)CCC(N4CCCC4)CC5)cc23)cc1)C1CC1. The summed E-state index contributed by atoms with van der Waals surface area (Å²) in [5, 5.41) is 8.95. The van der Waals surface area contributed by atoms with Crippen LogP contribution in [0.1, 0.15) is 49.8 Å². The molecule has 2 fully saturated rings. The monoisotopic (exact) mass is 497 g/mol. The van der Waals surface area contributed by atoms with Crippen LogP contribution >= 0.6 is 0 Å². The third-order valence-corrected chi connectivity index (χ3v) is 9.94. The highest BCUT2D eigenvalue weighted by Gasteiger charge is 2.29. The number of aromatic amines is 1. The van der Waals surface area contributed by atoms with Crippen LogP contribution in [0.2, 0.25) is 0 Å². The lowest BCUT2D eigenvalue weighted by molar-refractivity contribution is 0.222. The number of hydrogen-bond acceptors (Lipinski definition) is 5. The summed E-state index contributed by atoms with van der Waals surface area (Å²) in [7, 11) is -0.889. The molecule has 2 aliphatic carbocycles. The predicted molar refractivity (Wildman–Crippen MR) is 143 cm³/mol. The number of benzene rings is 1. The molecule has 1 saturated heterocycles. The average molecular weight is 498 g/mol. The lowest BCUT2D eigenvalue weighted by Crippen LogP contribution is -2.32. The van der Waals surface area contributed by atoms with Gasteiger partial charge in [0.2, 0.25) is 0 Å². The van der Waals surface area contributed by atoms with E-state index >= 15 is 0 Å². The van der Waals surface area contributed by atoms with Gasteiger partial charge < -0.3 is 4.90 Å². The van der Waals surface area contributed by atoms with Crippen molar-refractivity contribution in [2.75, 3.05) is 13.1 Å². The number of rotatable bonds is 5. The second-order valence-electron chi connectivity index (χ2n) is 10.5. The maximum absolute atomic E-state index is 12.5. The van der Waals surface area contributed by atoms with Crippen LogP contribution in [0.15, 0.2) is 53.7 Å². The van der Waals surface area contributed by atoms with E-state index in [9.17, 15) is 4.21 Å². The fraction of sp³-hybridized carbons (Fsp3) is 0.414. The van der Waals surface area contributed by atoms with Crippen LogP contribution in [0.5, 0.6) is 0 Å². The van der Waals surface area contributed by atoms with Gasteiger partial charge in [-0.1, -0.05) is 12.1 Å². The molecule has 2 atom stereocenters. The van der Waals surface area contributed by atoms with Gasteiger partial charge in [0.15, 0.2) is 5.65 Å². The second kappa shape index (κ2) is 9.20. The van der Waals surface area contributed by atoms with Gasteiger partial charge in [0.05, 0.1) is 16.5 Å². The molecule has 6 nitrogen and oxygen atoms in total. The molecule has 0 bridgehead atoms. The van der Waals surface area contributed by atoms with Gasteiger partial charge in [0, 0.05) is 56.4 Å². The lowest BCUT2D eigenvalue weighted by Gasteiger charge is -2.25. The molecular weight excluding hydrogens is 466 g/mol. The van der Waals surface area contributed by atoms with Gasteiger partial charge in [-0.05, 0) is 94.3 Å². The number of nitrogens with zero attached hydrogens (tertiary/aromatic N) is 4. The molecule has 0 spiro atoms. The molecule has 3 aromatic heterocycles. The van der Waals surface area contributed by atoms with Crippen molar-refractivity contribution in [3.8, 4) is 22.4 Å². The molecule has 0 radical (unpaired) electrons. The van der Waals surface area contributed by atoms with Crippen molar-refractivity contribution in [1.82, 2.24) is 25.1 Å². The molecule has 1 aromatic carbocycles. The summed E-state index contributed by atoms with van der Waals surface area (Å²) in [5.41, 5.74) is 7.51. The topological polar surface area (TPSA) is 74.8 Å². The van der Waals surface area contributed by atoms with Crippen LogP contribution in [-0.4, -0.2) is 53.7 Å². The van der Waals surface area contributed by atoms with Crippen molar-refractivity contribution in [2.24, 2.45) is 0 Å². The van der Waals surface area contributed by atoms with Gasteiger partial charge >= 0.3 is 0 Å². The number of aryl methyl sites for hydroxylation is 2. The van der Waals surface area contributed by atoms with Gasteiger partial charge in [-0.15, -0.1) is 0 Å². The summed E-state index contributed by atoms with van der Waals surface area (Å²) in [5.74, 6) is 0. The summed E-state index contributed by atoms with van der Waals surface area (Å²) in [6.45, 7) is 2.53. The van der Waals surface area contributed by atoms with Gasteiger partial charge in [-0.25, -0.2) is 4.98 Å². The Bertz CT molecular complexity index is 1440. The van der Waals surface area contributed by atoms with Crippen LogP contribution in [-0.2, 0) is 23.6 Å². The predicted octanol–water partition coefficient (Wildman–Crippen LogP) is 5.30. The highest BCUT2D eigenvalue weighted by molar-refractivity contribution is 7.86. The van der Waals surface area contributed by atoms with E-state index in [4.69, 9.17) is 4.98 Å². The molecule has 4 heterocycles. The maximum Gasteiger partial charge on any atom is 0.181 e. The average Bonchev–Trinajstić information content (AvgIpc) is 3.54. The molecule has 0 amide bonds. The van der Waals surface area contributed by atoms with E-state index in [0.29, 0.717) is 16.9 Å². The first-order valence-corrected chi connectivity index (χ1v) is 14.5. The standard InChI is InChI=1S/C29H31N5OS/c35-36(25-10-11-25)24-8-4-19(5-9-24)28-26-16-22(18-31-29(26)33-32-28)21-15-20-3-6-23(34-13-1-2-14-34)7-12-27(20)30-17-21/h4-5,8-9,15-18,23,25H,1-3,6-7,10-14H2,(H,31,32,33). The van der Waals surface area contributed by atoms with Crippen LogP contribution in [0.25, 0.3) is 33.4 Å². The summed E-state index contributed by atoms with van der Waals surface area (Å²) in [6, 6.07) is 13.2. The Morgan fingerprint density at radius 1 is 0.861 bits per heavy atom. The normalized spacial score (nSPS) is 21.4. The van der Waals surface area contributed by atoms with Gasteiger partial charge in [-0.3, -0.25) is 14.3 Å². The smallest absolute Gasteiger partial charge is 0.181 e. The van der Waals surface area contributed by atoms with Crippen molar-refractivity contribution in [3.63, 3.8) is 0 Å². The summed E-state index contributed by atoms with van der Waals surface area (Å²) in [6.07, 6.45) is 13.4. The molecule has 2 unspecified atom stereocenters. The van der Waals surface area contributed by atoms with E-state index in [0.717, 1.165) is 58.3 Å². The summed E-state index contributed by atoms with van der Waals surface area (Å²) < 4.78 is 12.5. The quantitative estimate of drug-likeness (QED) is 0.379. The van der Waals surface area contributed by atoms with E-state index in [1.807, 2.05) is 36.7 Å². The van der Waals surface area contributed by atoms with Crippen LogP contribution in [0, 0.1) is 0 Å². The molecule has 3 aliphatic rings. The Balaban J connectivity index is 1.16. The summed E-state index contributed by atoms with van der Waals surface area (Å²) in [4.78, 5) is 13.2. The van der Waals surface area contributed by atoms with E-state index in [1.54, 1.807) is 0 Å². The van der Waals surface area contributed by atoms with Crippen molar-refractivity contribution < 1.29 is 4.21 Å². The second-order valence-corrected chi connectivity index (χ2v) is 12.3. The lowest BCUT2D eigenvalue weighted by atomic mass is 10.0. The molecule has 1 N–H and O–H groups in total. The third kappa shape index (κ3) is 4.18. The fourth-order valence-corrected chi connectivity index (χ4v) is 7.24. The number of aromatic nitrogens is 4. The molecule has 184 valence electrons. The van der Waals surface area contributed by atoms with Crippen LogP contribution in [0.3, 0.4) is 0 Å². The minimum atomic E-state index is -0.889. The Morgan fingerprint density at radius 3 is 2.42 bits per heavy atom. The van der Waals surface area contributed by atoms with Gasteiger partial charge in [0.1, 0.15) is 0 Å². The molecule has 4 aromatic rings. The number of H-pyrrole nitrogens is 1. The Morgan fingerprint density at radius 2 is 1.61 bits per heavy atom. The zero-order valence-corrected chi connectivity index (χ0v) is 21.3. The Hall–Kier alpha value is -2.90. The van der Waals surface area contributed by atoms with Crippen LogP contribution < -0.4 is 0 Å². The van der Waals surface area contributed by atoms with Crippen molar-refractivity contribution in [1.29, 1.82) is 0 Å². The molecule has 7 rings (SSSR count). The highest BCUT2D eigenvalue weighted by atomic mass is 32.2. The Kier molecular flexibility index (Phi) is 5.70. The number of likely N-dealkylation sites (tertiary alicyclic amines) is 1. The van der Waals surface area contributed by atoms with Crippen molar-refractivity contribution in [2.45, 2.75) is 67.6 Å².